The van der Waals surface area contributed by atoms with Gasteiger partial charge in [-0.2, -0.15) is 0 Å². The largest absolute Gasteiger partial charge is 0.367 e. The molecule has 4 N–H and O–H groups in total. The number of ketones is 1. The van der Waals surface area contributed by atoms with Crippen LogP contribution in [0.25, 0.3) is 11.0 Å². The highest BCUT2D eigenvalue weighted by Gasteiger charge is 2.23. The van der Waals surface area contributed by atoms with Crippen molar-refractivity contribution in [1.82, 2.24) is 15.0 Å². The van der Waals surface area contributed by atoms with Crippen molar-refractivity contribution < 1.29 is 4.79 Å². The first kappa shape index (κ1) is 16.7. The summed E-state index contributed by atoms with van der Waals surface area (Å²) in [6.07, 6.45) is 7.30. The third kappa shape index (κ3) is 3.08. The minimum absolute atomic E-state index is 0.0159. The molecule has 2 heterocycles. The van der Waals surface area contributed by atoms with E-state index >= 15 is 0 Å². The Bertz CT molecular complexity index is 940. The fraction of sp³-hybridized carbons (Fsp3) is 0.350. The lowest BCUT2D eigenvalue weighted by Gasteiger charge is -2.27. The topological polar surface area (TPSA) is 96.7 Å². The average molecular weight is 349 g/mol. The fourth-order valence-electron chi connectivity index (χ4n) is 3.68. The zero-order valence-corrected chi connectivity index (χ0v) is 14.8. The first-order chi connectivity index (χ1) is 12.6. The smallest absolute Gasteiger partial charge is 0.195 e. The number of hydrogen-bond donors (Lipinski definition) is 3. The number of rotatable bonds is 4. The summed E-state index contributed by atoms with van der Waals surface area (Å²) in [7, 11) is 0. The summed E-state index contributed by atoms with van der Waals surface area (Å²) in [6.45, 7) is 1.95. The molecule has 2 aromatic heterocycles. The predicted molar refractivity (Wildman–Crippen MR) is 102 cm³/mol. The number of nitrogens with one attached hydrogen (secondary N) is 2. The molecule has 4 rings (SSSR count). The number of aryl methyl sites for hydroxylation is 1. The molecule has 0 saturated heterocycles. The number of hydrogen-bond acceptors (Lipinski definition) is 5. The van der Waals surface area contributed by atoms with E-state index in [-0.39, 0.29) is 5.78 Å². The van der Waals surface area contributed by atoms with Gasteiger partial charge in [0.15, 0.2) is 5.78 Å². The van der Waals surface area contributed by atoms with E-state index in [2.05, 4.69) is 20.3 Å². The SMILES string of the molecule is Cc1ccccc1C(=O)c1c[nH]c2ncnc(NC3CCC(N)CC3)c12. The Morgan fingerprint density at radius 2 is 1.92 bits per heavy atom. The van der Waals surface area contributed by atoms with Crippen molar-refractivity contribution in [3.8, 4) is 0 Å². The van der Waals surface area contributed by atoms with Gasteiger partial charge >= 0.3 is 0 Å². The zero-order valence-electron chi connectivity index (χ0n) is 14.8. The van der Waals surface area contributed by atoms with Gasteiger partial charge in [0, 0.05) is 23.8 Å². The second-order valence-electron chi connectivity index (χ2n) is 7.05. The summed E-state index contributed by atoms with van der Waals surface area (Å²) in [6, 6.07) is 8.24. The first-order valence-corrected chi connectivity index (χ1v) is 9.08. The first-order valence-electron chi connectivity index (χ1n) is 9.08. The minimum atomic E-state index is -0.0159. The Morgan fingerprint density at radius 3 is 2.69 bits per heavy atom. The molecule has 3 aromatic rings. The molecule has 0 unspecified atom stereocenters. The van der Waals surface area contributed by atoms with Gasteiger partial charge in [-0.25, -0.2) is 9.97 Å². The van der Waals surface area contributed by atoms with E-state index in [0.717, 1.165) is 36.6 Å². The van der Waals surface area contributed by atoms with Crippen LogP contribution in [0.5, 0.6) is 0 Å². The Hall–Kier alpha value is -2.73. The molecule has 1 aliphatic rings. The number of nitrogens with zero attached hydrogens (tertiary/aromatic N) is 2. The van der Waals surface area contributed by atoms with Crippen LogP contribution < -0.4 is 11.1 Å². The van der Waals surface area contributed by atoms with E-state index in [1.54, 1.807) is 6.20 Å². The van der Waals surface area contributed by atoms with Crippen LogP contribution in [-0.2, 0) is 0 Å². The van der Waals surface area contributed by atoms with E-state index in [1.165, 1.54) is 6.33 Å². The van der Waals surface area contributed by atoms with E-state index in [1.807, 2.05) is 31.2 Å². The van der Waals surface area contributed by atoms with Crippen molar-refractivity contribution in [3.63, 3.8) is 0 Å². The van der Waals surface area contributed by atoms with Gasteiger partial charge in [0.05, 0.1) is 10.9 Å². The van der Waals surface area contributed by atoms with Crippen molar-refractivity contribution in [1.29, 1.82) is 0 Å². The molecule has 0 bridgehead atoms. The third-order valence-electron chi connectivity index (χ3n) is 5.22. The molecule has 6 heteroatoms. The molecule has 0 atom stereocenters. The van der Waals surface area contributed by atoms with Crippen molar-refractivity contribution in [2.75, 3.05) is 5.32 Å². The number of nitrogens with two attached hydrogens (primary N) is 1. The maximum Gasteiger partial charge on any atom is 0.195 e. The molecule has 1 saturated carbocycles. The molecule has 1 aromatic carbocycles. The van der Waals surface area contributed by atoms with Crippen LogP contribution in [0.2, 0.25) is 0 Å². The van der Waals surface area contributed by atoms with Gasteiger partial charge in [-0.1, -0.05) is 24.3 Å². The Morgan fingerprint density at radius 1 is 1.15 bits per heavy atom. The van der Waals surface area contributed by atoms with Gasteiger partial charge in [0.2, 0.25) is 0 Å². The van der Waals surface area contributed by atoms with E-state index in [9.17, 15) is 4.79 Å². The molecular weight excluding hydrogens is 326 g/mol. The number of carbonyl (C=O) groups excluding carboxylic acids is 1. The summed E-state index contributed by atoms with van der Waals surface area (Å²) in [5.41, 5.74) is 8.94. The third-order valence-corrected chi connectivity index (χ3v) is 5.22. The fourth-order valence-corrected chi connectivity index (χ4v) is 3.68. The molecule has 134 valence electrons. The Kier molecular flexibility index (Phi) is 4.42. The predicted octanol–water partition coefficient (Wildman–Crippen LogP) is 3.18. The highest BCUT2D eigenvalue weighted by atomic mass is 16.1. The molecule has 0 radical (unpaired) electrons. The van der Waals surface area contributed by atoms with E-state index in [4.69, 9.17) is 5.73 Å². The summed E-state index contributed by atoms with van der Waals surface area (Å²) in [5.74, 6) is 0.700. The molecule has 0 amide bonds. The maximum absolute atomic E-state index is 13.1. The van der Waals surface area contributed by atoms with Crippen molar-refractivity contribution >= 4 is 22.6 Å². The van der Waals surface area contributed by atoms with Crippen LogP contribution in [0.3, 0.4) is 0 Å². The number of H-pyrrole nitrogens is 1. The summed E-state index contributed by atoms with van der Waals surface area (Å²) < 4.78 is 0. The summed E-state index contributed by atoms with van der Waals surface area (Å²) in [5, 5.41) is 4.27. The maximum atomic E-state index is 13.1. The number of aromatic amines is 1. The van der Waals surface area contributed by atoms with Gasteiger partial charge in [-0.15, -0.1) is 0 Å². The average Bonchev–Trinajstić information content (AvgIpc) is 3.09. The van der Waals surface area contributed by atoms with Crippen LogP contribution in [0, 0.1) is 6.92 Å². The second-order valence-corrected chi connectivity index (χ2v) is 7.05. The highest BCUT2D eigenvalue weighted by Crippen LogP contribution is 2.29. The number of aromatic nitrogens is 3. The molecular formula is C20H23N5O. The molecule has 0 aliphatic heterocycles. The van der Waals surface area contributed by atoms with Crippen molar-refractivity contribution in [2.24, 2.45) is 5.73 Å². The van der Waals surface area contributed by atoms with E-state index < -0.39 is 0 Å². The summed E-state index contributed by atoms with van der Waals surface area (Å²) >= 11 is 0. The molecule has 6 nitrogen and oxygen atoms in total. The quantitative estimate of drug-likeness (QED) is 0.629. The van der Waals surface area contributed by atoms with Crippen LogP contribution in [0.4, 0.5) is 5.82 Å². The lowest BCUT2D eigenvalue weighted by atomic mass is 9.91. The number of anilines is 1. The Balaban J connectivity index is 1.71. The number of fused-ring (bicyclic) bond motifs is 1. The molecule has 0 spiro atoms. The van der Waals surface area contributed by atoms with Gasteiger partial charge in [0.25, 0.3) is 0 Å². The van der Waals surface area contributed by atoms with Gasteiger partial charge in [-0.05, 0) is 38.2 Å². The van der Waals surface area contributed by atoms with Crippen LogP contribution >= 0.6 is 0 Å². The van der Waals surface area contributed by atoms with Gasteiger partial charge < -0.3 is 16.0 Å². The summed E-state index contributed by atoms with van der Waals surface area (Å²) in [4.78, 5) is 24.9. The Labute approximate surface area is 152 Å². The normalized spacial score (nSPS) is 20.2. The molecule has 26 heavy (non-hydrogen) atoms. The lowest BCUT2D eigenvalue weighted by Crippen LogP contribution is -2.33. The molecule has 1 fully saturated rings. The monoisotopic (exact) mass is 349 g/mol. The lowest BCUT2D eigenvalue weighted by molar-refractivity contribution is 0.103. The standard InChI is InChI=1S/C20H23N5O/c1-12-4-2-3-5-15(12)18(26)16-10-22-19-17(16)20(24-11-23-19)25-14-8-6-13(21)7-9-14/h2-5,10-11,13-14H,6-9,21H2,1H3,(H2,22,23,24,25). The highest BCUT2D eigenvalue weighted by molar-refractivity contribution is 6.18. The van der Waals surface area contributed by atoms with Crippen LogP contribution in [0.15, 0.2) is 36.8 Å². The van der Waals surface area contributed by atoms with Crippen LogP contribution in [-0.4, -0.2) is 32.8 Å². The number of carbonyl (C=O) groups is 1. The zero-order chi connectivity index (χ0) is 18.1. The van der Waals surface area contributed by atoms with Crippen LogP contribution in [0.1, 0.15) is 47.2 Å². The van der Waals surface area contributed by atoms with Crippen molar-refractivity contribution in [3.05, 3.63) is 53.5 Å². The van der Waals surface area contributed by atoms with Gasteiger partial charge in [0.1, 0.15) is 17.8 Å². The second kappa shape index (κ2) is 6.88. The molecule has 1 aliphatic carbocycles. The minimum Gasteiger partial charge on any atom is -0.367 e. The number of benzene rings is 1. The van der Waals surface area contributed by atoms with Gasteiger partial charge in [-0.3, -0.25) is 4.79 Å². The van der Waals surface area contributed by atoms with Crippen molar-refractivity contribution in [2.45, 2.75) is 44.7 Å². The van der Waals surface area contributed by atoms with E-state index in [0.29, 0.717) is 34.7 Å².